The summed E-state index contributed by atoms with van der Waals surface area (Å²) in [5, 5.41) is 21.3. The third-order valence-electron chi connectivity index (χ3n) is 2.69. The number of hydrogen-bond donors (Lipinski definition) is 2. The zero-order chi connectivity index (χ0) is 13.4. The van der Waals surface area contributed by atoms with Crippen LogP contribution in [0, 0.1) is 11.3 Å². The number of aliphatic hydroxyl groups is 1. The number of rotatable bonds is 7. The molecular formula is C14H20N2O2. The molecule has 4 nitrogen and oxygen atoms in total. The Kier molecular flexibility index (Phi) is 6.20. The van der Waals surface area contributed by atoms with Gasteiger partial charge in [-0.2, -0.15) is 5.26 Å². The summed E-state index contributed by atoms with van der Waals surface area (Å²) >= 11 is 0. The second kappa shape index (κ2) is 7.70. The summed E-state index contributed by atoms with van der Waals surface area (Å²) in [5.41, 5.74) is 1.64. The number of nitrogens with one attached hydrogen (secondary N) is 1. The summed E-state index contributed by atoms with van der Waals surface area (Å²) in [5.74, 6) is 0.612. The highest BCUT2D eigenvalue weighted by Crippen LogP contribution is 2.19. The minimum atomic E-state index is -0.234. The van der Waals surface area contributed by atoms with Gasteiger partial charge < -0.3 is 15.2 Å². The Balaban J connectivity index is 2.41. The highest BCUT2D eigenvalue weighted by molar-refractivity contribution is 5.45. The van der Waals surface area contributed by atoms with E-state index in [1.165, 1.54) is 0 Å². The molecule has 0 saturated carbocycles. The van der Waals surface area contributed by atoms with Gasteiger partial charge in [0, 0.05) is 6.54 Å². The molecule has 2 N–H and O–H groups in total. The highest BCUT2D eigenvalue weighted by Gasteiger charge is 2.03. The highest BCUT2D eigenvalue weighted by atomic mass is 16.5. The molecule has 4 heteroatoms. The molecule has 18 heavy (non-hydrogen) atoms. The lowest BCUT2D eigenvalue weighted by atomic mass is 10.1. The second-order valence-electron chi connectivity index (χ2n) is 4.31. The number of nitriles is 1. The van der Waals surface area contributed by atoms with Crippen molar-refractivity contribution in [2.75, 3.05) is 13.7 Å². The Hall–Kier alpha value is -1.57. The number of methoxy groups -OCH3 is 1. The first-order valence-electron chi connectivity index (χ1n) is 6.13. The minimum absolute atomic E-state index is 0.234. The van der Waals surface area contributed by atoms with Crippen molar-refractivity contribution in [1.29, 1.82) is 5.26 Å². The number of nitrogens with zero attached hydrogens (tertiary/aromatic N) is 1. The van der Waals surface area contributed by atoms with Crippen molar-refractivity contribution in [1.82, 2.24) is 5.32 Å². The average molecular weight is 248 g/mol. The molecule has 0 aromatic heterocycles. The van der Waals surface area contributed by atoms with Crippen LogP contribution in [-0.4, -0.2) is 24.9 Å². The molecule has 0 aliphatic rings. The first kappa shape index (κ1) is 14.5. The monoisotopic (exact) mass is 248 g/mol. The fourth-order valence-electron chi connectivity index (χ4n) is 1.69. The maximum absolute atomic E-state index is 9.12. The molecule has 1 atom stereocenters. The number of aliphatic hydroxyl groups excluding tert-OH is 1. The molecule has 0 aliphatic heterocycles. The van der Waals surface area contributed by atoms with Crippen LogP contribution in [0.15, 0.2) is 18.2 Å². The van der Waals surface area contributed by atoms with Crippen molar-refractivity contribution < 1.29 is 9.84 Å². The van der Waals surface area contributed by atoms with Crippen LogP contribution in [-0.2, 0) is 6.54 Å². The summed E-state index contributed by atoms with van der Waals surface area (Å²) in [6, 6.07) is 7.65. The molecule has 1 aromatic rings. The Labute approximate surface area is 108 Å². The van der Waals surface area contributed by atoms with E-state index in [0.717, 1.165) is 31.5 Å². The van der Waals surface area contributed by atoms with E-state index in [-0.39, 0.29) is 6.10 Å². The van der Waals surface area contributed by atoms with E-state index in [4.69, 9.17) is 15.1 Å². The molecule has 1 rings (SSSR count). The Morgan fingerprint density at radius 3 is 2.89 bits per heavy atom. The zero-order valence-corrected chi connectivity index (χ0v) is 10.9. The van der Waals surface area contributed by atoms with Crippen LogP contribution in [0.25, 0.3) is 0 Å². The predicted octanol–water partition coefficient (Wildman–Crippen LogP) is 1.82. The molecule has 0 bridgehead atoms. The lowest BCUT2D eigenvalue weighted by Gasteiger charge is -2.08. The molecule has 98 valence electrons. The van der Waals surface area contributed by atoms with Crippen LogP contribution in [0.1, 0.15) is 30.9 Å². The maximum atomic E-state index is 9.12. The van der Waals surface area contributed by atoms with Gasteiger partial charge in [0.05, 0.1) is 18.8 Å². The topological polar surface area (TPSA) is 65.3 Å². The van der Waals surface area contributed by atoms with Gasteiger partial charge in [0.1, 0.15) is 11.8 Å². The van der Waals surface area contributed by atoms with Crippen molar-refractivity contribution in [2.45, 2.75) is 32.4 Å². The van der Waals surface area contributed by atoms with Gasteiger partial charge in [0.15, 0.2) is 0 Å². The Morgan fingerprint density at radius 1 is 1.50 bits per heavy atom. The summed E-state index contributed by atoms with van der Waals surface area (Å²) in [7, 11) is 1.57. The van der Waals surface area contributed by atoms with Gasteiger partial charge in [-0.3, -0.25) is 0 Å². The van der Waals surface area contributed by atoms with Gasteiger partial charge >= 0.3 is 0 Å². The fraction of sp³-hybridized carbons (Fsp3) is 0.500. The largest absolute Gasteiger partial charge is 0.495 e. The van der Waals surface area contributed by atoms with Crippen molar-refractivity contribution in [3.63, 3.8) is 0 Å². The summed E-state index contributed by atoms with van der Waals surface area (Å²) in [6.07, 6.45) is 1.52. The van der Waals surface area contributed by atoms with Gasteiger partial charge in [0.25, 0.3) is 0 Å². The Morgan fingerprint density at radius 2 is 2.28 bits per heavy atom. The van der Waals surface area contributed by atoms with Gasteiger partial charge in [-0.25, -0.2) is 0 Å². The van der Waals surface area contributed by atoms with Crippen LogP contribution in [0.2, 0.25) is 0 Å². The van der Waals surface area contributed by atoms with Gasteiger partial charge in [-0.15, -0.1) is 0 Å². The van der Waals surface area contributed by atoms with Gasteiger partial charge in [0.2, 0.25) is 0 Å². The van der Waals surface area contributed by atoms with E-state index in [2.05, 4.69) is 11.4 Å². The van der Waals surface area contributed by atoms with Crippen LogP contribution >= 0.6 is 0 Å². The van der Waals surface area contributed by atoms with Gasteiger partial charge in [-0.1, -0.05) is 6.07 Å². The first-order valence-corrected chi connectivity index (χ1v) is 6.13. The van der Waals surface area contributed by atoms with Crippen molar-refractivity contribution >= 4 is 0 Å². The molecule has 0 fully saturated rings. The molecule has 0 aliphatic carbocycles. The summed E-state index contributed by atoms with van der Waals surface area (Å²) < 4.78 is 5.15. The van der Waals surface area contributed by atoms with Crippen molar-refractivity contribution in [3.8, 4) is 11.8 Å². The van der Waals surface area contributed by atoms with Crippen molar-refractivity contribution in [2.24, 2.45) is 0 Å². The SMILES string of the molecule is COc1cc(CNCCCC(C)O)ccc1C#N. The molecule has 0 amide bonds. The van der Waals surface area contributed by atoms with Crippen LogP contribution in [0.5, 0.6) is 5.75 Å². The van der Waals surface area contributed by atoms with Crippen LogP contribution in [0.4, 0.5) is 0 Å². The van der Waals surface area contributed by atoms with Crippen LogP contribution < -0.4 is 10.1 Å². The van der Waals surface area contributed by atoms with E-state index in [0.29, 0.717) is 11.3 Å². The molecule has 0 saturated heterocycles. The van der Waals surface area contributed by atoms with E-state index < -0.39 is 0 Å². The maximum Gasteiger partial charge on any atom is 0.136 e. The molecule has 0 spiro atoms. The third kappa shape index (κ3) is 4.74. The molecular weight excluding hydrogens is 228 g/mol. The number of ether oxygens (including phenoxy) is 1. The third-order valence-corrected chi connectivity index (χ3v) is 2.69. The predicted molar refractivity (Wildman–Crippen MR) is 70.3 cm³/mol. The Bertz CT molecular complexity index is 411. The van der Waals surface area contributed by atoms with E-state index in [1.807, 2.05) is 12.1 Å². The first-order chi connectivity index (χ1) is 8.67. The standard InChI is InChI=1S/C14H20N2O2/c1-11(17)4-3-7-16-10-12-5-6-13(9-15)14(8-12)18-2/h5-6,8,11,16-17H,3-4,7,10H2,1-2H3. The van der Waals surface area contributed by atoms with Crippen LogP contribution in [0.3, 0.4) is 0 Å². The number of benzene rings is 1. The summed E-state index contributed by atoms with van der Waals surface area (Å²) in [6.45, 7) is 3.40. The van der Waals surface area contributed by atoms with E-state index in [1.54, 1.807) is 20.1 Å². The van der Waals surface area contributed by atoms with Gasteiger partial charge in [-0.05, 0) is 44.0 Å². The molecule has 1 aromatic carbocycles. The fourth-order valence-corrected chi connectivity index (χ4v) is 1.69. The average Bonchev–Trinajstić information content (AvgIpc) is 2.37. The second-order valence-corrected chi connectivity index (χ2v) is 4.31. The molecule has 0 radical (unpaired) electrons. The lowest BCUT2D eigenvalue weighted by molar-refractivity contribution is 0.181. The smallest absolute Gasteiger partial charge is 0.136 e. The lowest BCUT2D eigenvalue weighted by Crippen LogP contribution is -2.16. The molecule has 0 heterocycles. The normalized spacial score (nSPS) is 11.9. The minimum Gasteiger partial charge on any atom is -0.495 e. The zero-order valence-electron chi connectivity index (χ0n) is 10.9. The van der Waals surface area contributed by atoms with E-state index in [9.17, 15) is 0 Å². The molecule has 1 unspecified atom stereocenters. The van der Waals surface area contributed by atoms with Crippen molar-refractivity contribution in [3.05, 3.63) is 29.3 Å². The summed E-state index contributed by atoms with van der Waals surface area (Å²) in [4.78, 5) is 0. The number of hydrogen-bond acceptors (Lipinski definition) is 4. The quantitative estimate of drug-likeness (QED) is 0.722. The van der Waals surface area contributed by atoms with E-state index >= 15 is 0 Å².